The Labute approximate surface area is 318 Å². The molecule has 0 radical (unpaired) electrons. The maximum atomic E-state index is 14.8. The van der Waals surface area contributed by atoms with Gasteiger partial charge in [0.1, 0.15) is 36.6 Å². The molecule has 1 N–H and O–H groups in total. The summed E-state index contributed by atoms with van der Waals surface area (Å²) in [6.07, 6.45) is -6.86. The molecular weight excluding hydrogens is 730 g/mol. The van der Waals surface area contributed by atoms with E-state index in [0.717, 1.165) is 22.3 Å². The third-order valence-corrected chi connectivity index (χ3v) is 14.0. The van der Waals surface area contributed by atoms with E-state index in [-0.39, 0.29) is 46.2 Å². The first-order chi connectivity index (χ1) is 26.3. The van der Waals surface area contributed by atoms with Crippen molar-refractivity contribution in [3.63, 3.8) is 0 Å². The Balaban J connectivity index is 1.59. The minimum atomic E-state index is -4.33. The van der Waals surface area contributed by atoms with Gasteiger partial charge in [-0.1, -0.05) is 121 Å². The molecule has 7 atom stereocenters. The number of benzene rings is 4. The second kappa shape index (κ2) is 21.3. The van der Waals surface area contributed by atoms with E-state index in [1.54, 1.807) is 20.8 Å². The van der Waals surface area contributed by atoms with Crippen molar-refractivity contribution in [3.8, 4) is 0 Å². The highest BCUT2D eigenvalue weighted by atomic mass is 31.2. The monoisotopic (exact) mass is 782 g/mol. The summed E-state index contributed by atoms with van der Waals surface area (Å²) in [5.41, 5.74) is 3.46. The van der Waals surface area contributed by atoms with Crippen molar-refractivity contribution < 1.29 is 51.3 Å². The van der Waals surface area contributed by atoms with Crippen LogP contribution in [-0.2, 0) is 72.6 Å². The maximum absolute atomic E-state index is 14.8. The first kappa shape index (κ1) is 42.1. The summed E-state index contributed by atoms with van der Waals surface area (Å²) in [6, 6.07) is 38.2. The van der Waals surface area contributed by atoms with Crippen molar-refractivity contribution in [1.82, 2.24) is 0 Å². The molecule has 54 heavy (non-hydrogen) atoms. The van der Waals surface area contributed by atoms with E-state index in [1.165, 1.54) is 0 Å². The zero-order valence-electron chi connectivity index (χ0n) is 31.1. The van der Waals surface area contributed by atoms with Gasteiger partial charge in [0, 0.05) is 0 Å². The molecule has 1 aliphatic rings. The van der Waals surface area contributed by atoms with Crippen LogP contribution in [-0.4, -0.2) is 67.5 Å². The summed E-state index contributed by atoms with van der Waals surface area (Å²) >= 11 is 0. The molecular formula is C41H52O11P2. The molecule has 11 nitrogen and oxygen atoms in total. The van der Waals surface area contributed by atoms with Crippen LogP contribution in [0.4, 0.5) is 0 Å². The summed E-state index contributed by atoms with van der Waals surface area (Å²) in [7, 11) is -8.29. The summed E-state index contributed by atoms with van der Waals surface area (Å²) in [6.45, 7) is 5.53. The molecule has 1 saturated carbocycles. The highest BCUT2D eigenvalue weighted by Crippen LogP contribution is 2.65. The summed E-state index contributed by atoms with van der Waals surface area (Å²) < 4.78 is 78.5. The Bertz CT molecular complexity index is 1720. The van der Waals surface area contributed by atoms with Crippen molar-refractivity contribution in [2.24, 2.45) is 0 Å². The third-order valence-electron chi connectivity index (χ3n) is 8.72. The number of hydrogen-bond acceptors (Lipinski definition) is 11. The van der Waals surface area contributed by atoms with E-state index in [1.807, 2.05) is 121 Å². The minimum Gasteiger partial charge on any atom is -0.387 e. The van der Waals surface area contributed by atoms with E-state index >= 15 is 0 Å². The summed E-state index contributed by atoms with van der Waals surface area (Å²) in [5.74, 6) is -0.664. The first-order valence-electron chi connectivity index (χ1n) is 18.4. The molecule has 0 aromatic heterocycles. The van der Waals surface area contributed by atoms with Crippen molar-refractivity contribution in [3.05, 3.63) is 144 Å². The van der Waals surface area contributed by atoms with Crippen LogP contribution in [0.5, 0.6) is 0 Å². The Hall–Kier alpha value is -3.02. The van der Waals surface area contributed by atoms with Crippen LogP contribution in [0, 0.1) is 0 Å². The average molecular weight is 783 g/mol. The van der Waals surface area contributed by atoms with Gasteiger partial charge in [-0.25, -0.2) is 0 Å². The lowest BCUT2D eigenvalue weighted by atomic mass is 9.84. The lowest BCUT2D eigenvalue weighted by molar-refractivity contribution is -0.269. The first-order valence-corrected chi connectivity index (χ1v) is 21.8. The van der Waals surface area contributed by atoms with Gasteiger partial charge in [-0.05, 0) is 43.0 Å². The molecule has 1 unspecified atom stereocenters. The molecule has 0 bridgehead atoms. The van der Waals surface area contributed by atoms with E-state index in [4.69, 9.17) is 37.0 Å². The molecule has 1 fully saturated rings. The second-order valence-corrected chi connectivity index (χ2v) is 17.3. The molecule has 0 spiro atoms. The third kappa shape index (κ3) is 12.2. The van der Waals surface area contributed by atoms with Gasteiger partial charge >= 0.3 is 15.2 Å². The molecule has 0 aliphatic heterocycles. The van der Waals surface area contributed by atoms with Gasteiger partial charge in [0.05, 0.1) is 46.2 Å². The number of hydrogen-bond donors (Lipinski definition) is 1. The SMILES string of the molecule is CCOP(=O)(CP(=O)(OCC)O[C@@H]1[C@H](OCc2ccccc2)[C@H](OCc2ccccc2)[C@@H](OCc2ccccc2)[C@H](O)[C@H]1OCc1ccccc1)OCC. The maximum Gasteiger partial charge on any atom is 0.343 e. The van der Waals surface area contributed by atoms with Crippen LogP contribution in [0.1, 0.15) is 43.0 Å². The smallest absolute Gasteiger partial charge is 0.343 e. The largest absolute Gasteiger partial charge is 0.387 e. The predicted molar refractivity (Wildman–Crippen MR) is 206 cm³/mol. The van der Waals surface area contributed by atoms with Gasteiger partial charge in [-0.15, -0.1) is 0 Å². The highest BCUT2D eigenvalue weighted by Gasteiger charge is 2.56. The van der Waals surface area contributed by atoms with E-state index in [2.05, 4.69) is 0 Å². The van der Waals surface area contributed by atoms with Gasteiger partial charge in [-0.2, -0.15) is 0 Å². The number of aliphatic hydroxyl groups is 1. The average Bonchev–Trinajstić information content (AvgIpc) is 3.18. The summed E-state index contributed by atoms with van der Waals surface area (Å²) in [4.78, 5) is 0. The second-order valence-electron chi connectivity index (χ2n) is 12.7. The lowest BCUT2D eigenvalue weighted by Gasteiger charge is -2.48. The highest BCUT2D eigenvalue weighted by molar-refractivity contribution is 7.71. The Morgan fingerprint density at radius 2 is 0.741 bits per heavy atom. The molecule has 4 aromatic carbocycles. The van der Waals surface area contributed by atoms with Gasteiger partial charge in [0.15, 0.2) is 5.90 Å². The molecule has 13 heteroatoms. The number of aliphatic hydroxyl groups excluding tert-OH is 1. The van der Waals surface area contributed by atoms with E-state index in [0.29, 0.717) is 0 Å². The Morgan fingerprint density at radius 3 is 1.09 bits per heavy atom. The fourth-order valence-corrected chi connectivity index (χ4v) is 11.2. The van der Waals surface area contributed by atoms with Crippen LogP contribution >= 0.6 is 15.2 Å². The molecule has 292 valence electrons. The molecule has 0 saturated heterocycles. The molecule has 4 aromatic rings. The van der Waals surface area contributed by atoms with Crippen molar-refractivity contribution in [2.45, 2.75) is 83.8 Å². The van der Waals surface area contributed by atoms with Gasteiger partial charge in [0.2, 0.25) is 0 Å². The molecule has 1 aliphatic carbocycles. The molecule has 0 heterocycles. The molecule has 0 amide bonds. The molecule has 5 rings (SSSR count). The van der Waals surface area contributed by atoms with Crippen LogP contribution in [0.2, 0.25) is 0 Å². The fourth-order valence-electron chi connectivity index (χ4n) is 6.30. The Morgan fingerprint density at radius 1 is 0.444 bits per heavy atom. The topological polar surface area (TPSA) is 128 Å². The van der Waals surface area contributed by atoms with Gasteiger partial charge < -0.3 is 37.6 Å². The zero-order chi connectivity index (χ0) is 38.2. The lowest BCUT2D eigenvalue weighted by Crippen LogP contribution is -2.66. The van der Waals surface area contributed by atoms with E-state index < -0.39 is 57.7 Å². The zero-order valence-corrected chi connectivity index (χ0v) is 32.9. The minimum absolute atomic E-state index is 0.0351. The summed E-state index contributed by atoms with van der Waals surface area (Å²) in [5, 5.41) is 12.4. The van der Waals surface area contributed by atoms with Gasteiger partial charge in [0.25, 0.3) is 0 Å². The number of ether oxygens (including phenoxy) is 4. The van der Waals surface area contributed by atoms with Crippen LogP contribution in [0.15, 0.2) is 121 Å². The van der Waals surface area contributed by atoms with Crippen molar-refractivity contribution >= 4 is 15.2 Å². The van der Waals surface area contributed by atoms with Crippen LogP contribution < -0.4 is 0 Å². The van der Waals surface area contributed by atoms with Crippen LogP contribution in [0.25, 0.3) is 0 Å². The van der Waals surface area contributed by atoms with Crippen molar-refractivity contribution in [2.75, 3.05) is 25.7 Å². The van der Waals surface area contributed by atoms with Crippen LogP contribution in [0.3, 0.4) is 0 Å². The van der Waals surface area contributed by atoms with Gasteiger partial charge in [-0.3, -0.25) is 13.7 Å². The quantitative estimate of drug-likeness (QED) is 0.0771. The van der Waals surface area contributed by atoms with E-state index in [9.17, 15) is 14.2 Å². The van der Waals surface area contributed by atoms with Crippen molar-refractivity contribution in [1.29, 1.82) is 0 Å². The standard InChI is InChI=1S/C41H52O11P2/c1-4-49-53(43,50-5-2)31-54(44,51-6-3)52-41-38(46-28-33-21-13-8-14-22-33)36(42)37(45-27-32-19-11-7-12-20-32)39(47-29-34-23-15-9-16-24-34)40(41)48-30-35-25-17-10-18-26-35/h7-26,36-42H,4-6,27-31H2,1-3H3/t36-,37-,38+,39+,40+,41-,54?/m0/s1. The Kier molecular flexibility index (Phi) is 16.6. The normalized spacial score (nSPS) is 22.8. The number of rotatable bonds is 22. The predicted octanol–water partition coefficient (Wildman–Crippen LogP) is 8.54. The fraction of sp³-hybridized carbons (Fsp3) is 0.415.